The van der Waals surface area contributed by atoms with Gasteiger partial charge in [-0.25, -0.2) is 0 Å². The average Bonchev–Trinajstić information content (AvgIpc) is 3.14. The van der Waals surface area contributed by atoms with Gasteiger partial charge in [0.2, 0.25) is 11.8 Å². The molecule has 10 heteroatoms. The number of nitrogens with zero attached hydrogens (tertiary/aromatic N) is 2. The standard InChI is InChI=1S/C19H16F3N3O3S/c1-27-15-7-5-12(6-8-15)9-17-24-25-18(28-17)29-11-16(26)23-14-4-2-3-13(10-14)19(20,21)22/h2-8,10H,9,11H2,1H3,(H,23,26). The van der Waals surface area contributed by atoms with E-state index in [4.69, 9.17) is 9.15 Å². The smallest absolute Gasteiger partial charge is 0.416 e. The van der Waals surface area contributed by atoms with E-state index >= 15 is 0 Å². The highest BCUT2D eigenvalue weighted by Crippen LogP contribution is 2.30. The largest absolute Gasteiger partial charge is 0.497 e. The Morgan fingerprint density at radius 3 is 2.62 bits per heavy atom. The summed E-state index contributed by atoms with van der Waals surface area (Å²) in [7, 11) is 1.58. The molecule has 2 aromatic carbocycles. The van der Waals surface area contributed by atoms with Gasteiger partial charge < -0.3 is 14.5 Å². The Hall–Kier alpha value is -3.01. The Bertz CT molecular complexity index is 975. The lowest BCUT2D eigenvalue weighted by Crippen LogP contribution is -2.15. The molecular weight excluding hydrogens is 407 g/mol. The van der Waals surface area contributed by atoms with Crippen LogP contribution in [-0.2, 0) is 17.4 Å². The van der Waals surface area contributed by atoms with Gasteiger partial charge in [-0.2, -0.15) is 13.2 Å². The van der Waals surface area contributed by atoms with E-state index < -0.39 is 17.6 Å². The highest BCUT2D eigenvalue weighted by Gasteiger charge is 2.30. The molecule has 1 amide bonds. The van der Waals surface area contributed by atoms with Gasteiger partial charge in [0.25, 0.3) is 5.22 Å². The topological polar surface area (TPSA) is 77.2 Å². The molecule has 1 N–H and O–H groups in total. The second kappa shape index (κ2) is 8.99. The Kier molecular flexibility index (Phi) is 6.42. The predicted octanol–water partition coefficient (Wildman–Crippen LogP) is 4.42. The van der Waals surface area contributed by atoms with Crippen molar-refractivity contribution in [3.8, 4) is 5.75 Å². The van der Waals surface area contributed by atoms with Crippen LogP contribution in [0.5, 0.6) is 5.75 Å². The molecule has 0 fully saturated rings. The fraction of sp³-hybridized carbons (Fsp3) is 0.211. The molecule has 6 nitrogen and oxygen atoms in total. The van der Waals surface area contributed by atoms with Crippen molar-refractivity contribution >= 4 is 23.4 Å². The van der Waals surface area contributed by atoms with Crippen molar-refractivity contribution in [2.75, 3.05) is 18.2 Å². The van der Waals surface area contributed by atoms with Crippen LogP contribution in [0.15, 0.2) is 58.2 Å². The van der Waals surface area contributed by atoms with Crippen molar-refractivity contribution in [1.82, 2.24) is 10.2 Å². The Morgan fingerprint density at radius 2 is 1.93 bits per heavy atom. The van der Waals surface area contributed by atoms with Gasteiger partial charge in [0.1, 0.15) is 5.75 Å². The highest BCUT2D eigenvalue weighted by molar-refractivity contribution is 7.99. The Labute approximate surface area is 168 Å². The second-order valence-corrected chi connectivity index (χ2v) is 6.83. The molecule has 3 aromatic rings. The van der Waals surface area contributed by atoms with Crippen LogP contribution in [-0.4, -0.2) is 29.0 Å². The number of alkyl halides is 3. The van der Waals surface area contributed by atoms with Crippen LogP contribution in [0.1, 0.15) is 17.0 Å². The molecule has 0 radical (unpaired) electrons. The van der Waals surface area contributed by atoms with Crippen LogP contribution in [0.4, 0.5) is 18.9 Å². The van der Waals surface area contributed by atoms with E-state index in [0.29, 0.717) is 12.3 Å². The summed E-state index contributed by atoms with van der Waals surface area (Å²) in [5.74, 6) is 0.558. The summed E-state index contributed by atoms with van der Waals surface area (Å²) in [6.45, 7) is 0. The summed E-state index contributed by atoms with van der Waals surface area (Å²) in [5.41, 5.74) is 0.187. The average molecular weight is 423 g/mol. The zero-order valence-corrected chi connectivity index (χ0v) is 16.0. The second-order valence-electron chi connectivity index (χ2n) is 5.90. The van der Waals surface area contributed by atoms with E-state index in [9.17, 15) is 18.0 Å². The lowest BCUT2D eigenvalue weighted by atomic mass is 10.1. The number of hydrogen-bond donors (Lipinski definition) is 1. The minimum Gasteiger partial charge on any atom is -0.497 e. The number of halogens is 3. The summed E-state index contributed by atoms with van der Waals surface area (Å²) in [6, 6.07) is 11.8. The number of nitrogens with one attached hydrogen (secondary N) is 1. The zero-order chi connectivity index (χ0) is 20.9. The summed E-state index contributed by atoms with van der Waals surface area (Å²) in [5, 5.41) is 10.4. The number of aromatic nitrogens is 2. The van der Waals surface area contributed by atoms with Gasteiger partial charge in [0, 0.05) is 5.69 Å². The lowest BCUT2D eigenvalue weighted by molar-refractivity contribution is -0.137. The molecule has 0 saturated heterocycles. The van der Waals surface area contributed by atoms with Crippen molar-refractivity contribution in [3.05, 3.63) is 65.5 Å². The number of carbonyl (C=O) groups excluding carboxylic acids is 1. The molecule has 0 aliphatic rings. The van der Waals surface area contributed by atoms with Crippen molar-refractivity contribution in [2.24, 2.45) is 0 Å². The number of amides is 1. The lowest BCUT2D eigenvalue weighted by Gasteiger charge is -2.09. The van der Waals surface area contributed by atoms with E-state index in [2.05, 4.69) is 15.5 Å². The van der Waals surface area contributed by atoms with Crippen LogP contribution in [0.3, 0.4) is 0 Å². The maximum absolute atomic E-state index is 12.7. The summed E-state index contributed by atoms with van der Waals surface area (Å²) in [6.07, 6.45) is -4.05. The predicted molar refractivity (Wildman–Crippen MR) is 101 cm³/mol. The molecule has 0 atom stereocenters. The van der Waals surface area contributed by atoms with Gasteiger partial charge in [-0.3, -0.25) is 4.79 Å². The maximum atomic E-state index is 12.7. The quantitative estimate of drug-likeness (QED) is 0.567. The zero-order valence-electron chi connectivity index (χ0n) is 15.2. The minimum atomic E-state index is -4.47. The maximum Gasteiger partial charge on any atom is 0.416 e. The van der Waals surface area contributed by atoms with Gasteiger partial charge in [0.05, 0.1) is 24.8 Å². The van der Waals surface area contributed by atoms with Gasteiger partial charge in [0.15, 0.2) is 0 Å². The molecule has 152 valence electrons. The number of carbonyl (C=O) groups is 1. The molecule has 29 heavy (non-hydrogen) atoms. The number of hydrogen-bond acceptors (Lipinski definition) is 6. The van der Waals surface area contributed by atoms with Crippen molar-refractivity contribution in [1.29, 1.82) is 0 Å². The number of anilines is 1. The number of benzene rings is 2. The van der Waals surface area contributed by atoms with Crippen LogP contribution in [0, 0.1) is 0 Å². The minimum absolute atomic E-state index is 0.0659. The molecule has 0 unspecified atom stereocenters. The molecule has 1 heterocycles. The van der Waals surface area contributed by atoms with Gasteiger partial charge in [-0.1, -0.05) is 30.0 Å². The molecule has 0 spiro atoms. The van der Waals surface area contributed by atoms with Gasteiger partial charge in [-0.15, -0.1) is 10.2 Å². The highest BCUT2D eigenvalue weighted by atomic mass is 32.2. The van der Waals surface area contributed by atoms with E-state index in [-0.39, 0.29) is 16.7 Å². The summed E-state index contributed by atoms with van der Waals surface area (Å²) in [4.78, 5) is 12.0. The van der Waals surface area contributed by atoms with E-state index in [1.165, 1.54) is 12.1 Å². The number of ether oxygens (including phenoxy) is 1. The van der Waals surface area contributed by atoms with Crippen LogP contribution in [0.25, 0.3) is 0 Å². The first-order valence-electron chi connectivity index (χ1n) is 8.39. The monoisotopic (exact) mass is 423 g/mol. The fourth-order valence-electron chi connectivity index (χ4n) is 2.38. The molecule has 0 bridgehead atoms. The number of thioether (sulfide) groups is 1. The molecule has 0 saturated carbocycles. The third-order valence-corrected chi connectivity index (χ3v) is 4.58. The fourth-order valence-corrected chi connectivity index (χ4v) is 2.96. The summed E-state index contributed by atoms with van der Waals surface area (Å²) < 4.78 is 48.7. The summed E-state index contributed by atoms with van der Waals surface area (Å²) >= 11 is 1.00. The van der Waals surface area contributed by atoms with Crippen LogP contribution >= 0.6 is 11.8 Å². The molecular formula is C19H16F3N3O3S. The molecule has 3 rings (SSSR count). The SMILES string of the molecule is COc1ccc(Cc2nnc(SCC(=O)Nc3cccc(C(F)(F)F)c3)o2)cc1. The van der Waals surface area contributed by atoms with Gasteiger partial charge in [-0.05, 0) is 35.9 Å². The first-order chi connectivity index (χ1) is 13.8. The molecule has 0 aliphatic carbocycles. The first-order valence-corrected chi connectivity index (χ1v) is 9.37. The van der Waals surface area contributed by atoms with Crippen molar-refractivity contribution < 1.29 is 27.1 Å². The van der Waals surface area contributed by atoms with E-state index in [0.717, 1.165) is 35.2 Å². The Morgan fingerprint density at radius 1 is 1.17 bits per heavy atom. The first kappa shape index (κ1) is 20.7. The molecule has 0 aliphatic heterocycles. The Balaban J connectivity index is 1.52. The van der Waals surface area contributed by atoms with E-state index in [1.54, 1.807) is 7.11 Å². The number of rotatable bonds is 7. The van der Waals surface area contributed by atoms with Crippen LogP contribution < -0.4 is 10.1 Å². The normalized spacial score (nSPS) is 11.3. The number of methoxy groups -OCH3 is 1. The van der Waals surface area contributed by atoms with E-state index in [1.807, 2.05) is 24.3 Å². The van der Waals surface area contributed by atoms with Crippen molar-refractivity contribution in [2.45, 2.75) is 17.8 Å². The van der Waals surface area contributed by atoms with Crippen molar-refractivity contribution in [3.63, 3.8) is 0 Å². The third kappa shape index (κ3) is 5.98. The van der Waals surface area contributed by atoms with Crippen LogP contribution in [0.2, 0.25) is 0 Å². The molecule has 1 aromatic heterocycles. The van der Waals surface area contributed by atoms with Gasteiger partial charge >= 0.3 is 6.18 Å². The third-order valence-electron chi connectivity index (χ3n) is 3.76.